The molecule has 3 aromatic rings. The van der Waals surface area contributed by atoms with Gasteiger partial charge in [-0.05, 0) is 48.9 Å². The van der Waals surface area contributed by atoms with E-state index in [-0.39, 0.29) is 11.6 Å². The summed E-state index contributed by atoms with van der Waals surface area (Å²) < 4.78 is 0. The first-order valence-electron chi connectivity index (χ1n) is 10.6. The number of anilines is 2. The van der Waals surface area contributed by atoms with E-state index >= 15 is 0 Å². The van der Waals surface area contributed by atoms with Gasteiger partial charge in [-0.1, -0.05) is 6.92 Å². The van der Waals surface area contributed by atoms with E-state index in [1.807, 2.05) is 19.1 Å². The largest absolute Gasteiger partial charge is 0.369 e. The van der Waals surface area contributed by atoms with Gasteiger partial charge in [0.2, 0.25) is 0 Å². The Morgan fingerprint density at radius 2 is 1.94 bits per heavy atom. The Hall–Kier alpha value is -3.96. The summed E-state index contributed by atoms with van der Waals surface area (Å²) in [5.74, 6) is -0.364. The summed E-state index contributed by atoms with van der Waals surface area (Å²) in [5.41, 5.74) is 3.72. The van der Waals surface area contributed by atoms with Gasteiger partial charge in [0.25, 0.3) is 11.5 Å². The number of benzene rings is 1. The zero-order valence-corrected chi connectivity index (χ0v) is 17.8. The summed E-state index contributed by atoms with van der Waals surface area (Å²) in [5, 5.41) is 6.02. The SMILES string of the molecule is [C-]#[N+]c1cc(CC)nc(-c2c[nH]c(=O)c(NC(=O)c3ccc(N4CCNCC4)cc3)c2)c1. The standard InChI is InChI=1S/C24H24N6O2/c1-3-18-13-19(25-2)14-21(28-18)17-12-22(24(32)27-15-17)29-23(31)16-4-6-20(7-5-16)30-10-8-26-9-11-30/h4-7,12-15,26H,3,8-11H2,1H3,(H,27,32)(H,29,31). The van der Waals surface area contributed by atoms with Crippen LogP contribution in [0.25, 0.3) is 16.1 Å². The number of carbonyl (C=O) groups excluding carboxylic acids is 1. The third kappa shape index (κ3) is 4.68. The van der Waals surface area contributed by atoms with Crippen molar-refractivity contribution in [1.82, 2.24) is 15.3 Å². The van der Waals surface area contributed by atoms with Crippen LogP contribution >= 0.6 is 0 Å². The number of piperazine rings is 1. The van der Waals surface area contributed by atoms with Crippen molar-refractivity contribution >= 4 is 23.0 Å². The molecular weight excluding hydrogens is 404 g/mol. The maximum atomic E-state index is 12.8. The lowest BCUT2D eigenvalue weighted by atomic mass is 10.1. The van der Waals surface area contributed by atoms with E-state index in [1.54, 1.807) is 30.3 Å². The van der Waals surface area contributed by atoms with Crippen LogP contribution in [-0.2, 0) is 6.42 Å². The summed E-state index contributed by atoms with van der Waals surface area (Å²) >= 11 is 0. The number of aromatic nitrogens is 2. The highest BCUT2D eigenvalue weighted by molar-refractivity contribution is 6.04. The Bertz CT molecular complexity index is 1220. The minimum Gasteiger partial charge on any atom is -0.369 e. The summed E-state index contributed by atoms with van der Waals surface area (Å²) in [7, 11) is 0. The van der Waals surface area contributed by atoms with E-state index in [2.05, 4.69) is 30.3 Å². The molecule has 0 aliphatic carbocycles. The molecule has 1 aliphatic heterocycles. The topological polar surface area (TPSA) is 94.5 Å². The van der Waals surface area contributed by atoms with Crippen molar-refractivity contribution < 1.29 is 4.79 Å². The second-order valence-corrected chi connectivity index (χ2v) is 7.54. The van der Waals surface area contributed by atoms with E-state index in [4.69, 9.17) is 6.57 Å². The summed E-state index contributed by atoms with van der Waals surface area (Å²) in [4.78, 5) is 38.0. The number of amides is 1. The molecule has 0 atom stereocenters. The molecular formula is C24H24N6O2. The van der Waals surface area contributed by atoms with Crippen LogP contribution in [0.4, 0.5) is 17.1 Å². The van der Waals surface area contributed by atoms with E-state index in [0.717, 1.165) is 37.6 Å². The van der Waals surface area contributed by atoms with E-state index in [9.17, 15) is 9.59 Å². The van der Waals surface area contributed by atoms with Gasteiger partial charge in [-0.25, -0.2) is 4.85 Å². The van der Waals surface area contributed by atoms with Crippen LogP contribution in [0, 0.1) is 6.57 Å². The predicted octanol–water partition coefficient (Wildman–Crippen LogP) is 3.21. The van der Waals surface area contributed by atoms with E-state index < -0.39 is 5.56 Å². The molecule has 1 saturated heterocycles. The fourth-order valence-corrected chi connectivity index (χ4v) is 3.63. The van der Waals surface area contributed by atoms with Gasteiger partial charge in [0, 0.05) is 54.9 Å². The highest BCUT2D eigenvalue weighted by atomic mass is 16.2. The first kappa shape index (κ1) is 21.3. The molecule has 1 amide bonds. The summed E-state index contributed by atoms with van der Waals surface area (Å²) in [6.07, 6.45) is 2.23. The minimum absolute atomic E-state index is 0.131. The van der Waals surface area contributed by atoms with Gasteiger partial charge in [-0.3, -0.25) is 14.6 Å². The summed E-state index contributed by atoms with van der Waals surface area (Å²) in [6.45, 7) is 13.0. The monoisotopic (exact) mass is 428 g/mol. The second-order valence-electron chi connectivity index (χ2n) is 7.54. The van der Waals surface area contributed by atoms with Crippen LogP contribution in [0.5, 0.6) is 0 Å². The smallest absolute Gasteiger partial charge is 0.271 e. The average Bonchev–Trinajstić information content (AvgIpc) is 2.85. The molecule has 8 nitrogen and oxygen atoms in total. The lowest BCUT2D eigenvalue weighted by molar-refractivity contribution is 0.102. The predicted molar refractivity (Wildman–Crippen MR) is 125 cm³/mol. The lowest BCUT2D eigenvalue weighted by Crippen LogP contribution is -2.43. The molecule has 3 heterocycles. The number of carbonyl (C=O) groups is 1. The van der Waals surface area contributed by atoms with Crippen molar-refractivity contribution in [3.63, 3.8) is 0 Å². The lowest BCUT2D eigenvalue weighted by Gasteiger charge is -2.29. The molecule has 3 N–H and O–H groups in total. The van der Waals surface area contributed by atoms with Gasteiger partial charge in [0.05, 0.1) is 12.3 Å². The number of aryl methyl sites for hydroxylation is 1. The van der Waals surface area contributed by atoms with Crippen LogP contribution in [-0.4, -0.2) is 42.1 Å². The van der Waals surface area contributed by atoms with Crippen molar-refractivity contribution in [3.05, 3.63) is 81.7 Å². The van der Waals surface area contributed by atoms with Crippen molar-refractivity contribution in [3.8, 4) is 11.3 Å². The van der Waals surface area contributed by atoms with Gasteiger partial charge < -0.3 is 20.5 Å². The number of hydrogen-bond donors (Lipinski definition) is 3. The first-order chi connectivity index (χ1) is 15.6. The van der Waals surface area contributed by atoms with Crippen LogP contribution in [0.1, 0.15) is 23.0 Å². The third-order valence-corrected chi connectivity index (χ3v) is 5.41. The molecule has 0 unspecified atom stereocenters. The zero-order chi connectivity index (χ0) is 22.5. The molecule has 0 spiro atoms. The van der Waals surface area contributed by atoms with Crippen LogP contribution in [0.2, 0.25) is 0 Å². The molecule has 0 bridgehead atoms. The quantitative estimate of drug-likeness (QED) is 0.543. The Kier molecular flexibility index (Phi) is 6.29. The molecule has 1 aromatic carbocycles. The Morgan fingerprint density at radius 3 is 2.62 bits per heavy atom. The van der Waals surface area contributed by atoms with Crippen LogP contribution in [0.15, 0.2) is 53.5 Å². The van der Waals surface area contributed by atoms with Gasteiger partial charge in [-0.2, -0.15) is 0 Å². The zero-order valence-electron chi connectivity index (χ0n) is 17.8. The van der Waals surface area contributed by atoms with Gasteiger partial charge in [0.15, 0.2) is 5.69 Å². The van der Waals surface area contributed by atoms with Gasteiger partial charge >= 0.3 is 0 Å². The maximum absolute atomic E-state index is 12.8. The number of nitrogens with one attached hydrogen (secondary N) is 3. The third-order valence-electron chi connectivity index (χ3n) is 5.41. The van der Waals surface area contributed by atoms with Crippen molar-refractivity contribution in [1.29, 1.82) is 0 Å². The van der Waals surface area contributed by atoms with Gasteiger partial charge in [0.1, 0.15) is 5.69 Å². The second kappa shape index (κ2) is 9.45. The molecule has 0 saturated carbocycles. The molecule has 2 aromatic heterocycles. The number of H-pyrrole nitrogens is 1. The number of aromatic amines is 1. The van der Waals surface area contributed by atoms with E-state index in [1.165, 1.54) is 6.20 Å². The van der Waals surface area contributed by atoms with Crippen LogP contribution in [0.3, 0.4) is 0 Å². The van der Waals surface area contributed by atoms with Crippen LogP contribution < -0.4 is 21.1 Å². The molecule has 8 heteroatoms. The fraction of sp³-hybridized carbons (Fsp3) is 0.250. The Labute approximate surface area is 186 Å². The average molecular weight is 428 g/mol. The molecule has 0 radical (unpaired) electrons. The van der Waals surface area contributed by atoms with Gasteiger partial charge in [-0.15, -0.1) is 0 Å². The summed E-state index contributed by atoms with van der Waals surface area (Å²) in [6, 6.07) is 12.4. The van der Waals surface area contributed by atoms with Crippen molar-refractivity contribution in [2.24, 2.45) is 0 Å². The van der Waals surface area contributed by atoms with Crippen molar-refractivity contribution in [2.75, 3.05) is 36.4 Å². The van der Waals surface area contributed by atoms with E-state index in [0.29, 0.717) is 28.9 Å². The molecule has 1 aliphatic rings. The number of hydrogen-bond acceptors (Lipinski definition) is 5. The minimum atomic E-state index is -0.406. The molecule has 1 fully saturated rings. The molecule has 4 rings (SSSR count). The molecule has 162 valence electrons. The van der Waals surface area contributed by atoms with Crippen molar-refractivity contribution in [2.45, 2.75) is 13.3 Å². The number of nitrogens with zero attached hydrogens (tertiary/aromatic N) is 3. The Morgan fingerprint density at radius 1 is 1.19 bits per heavy atom. The Balaban J connectivity index is 1.55. The highest BCUT2D eigenvalue weighted by Crippen LogP contribution is 2.24. The number of rotatable bonds is 5. The molecule has 32 heavy (non-hydrogen) atoms. The first-order valence-corrected chi connectivity index (χ1v) is 10.6. The number of pyridine rings is 2. The fourth-order valence-electron chi connectivity index (χ4n) is 3.63. The highest BCUT2D eigenvalue weighted by Gasteiger charge is 2.14. The normalized spacial score (nSPS) is 13.4. The maximum Gasteiger partial charge on any atom is 0.271 e.